The standard InChI is InChI=1S/C14H8BrCl2N3O/c15-7-1-4-12-9(5-7)13(14(21)18-12)20-19-8-2-3-10(16)11(17)6-8/h1,3-6H,2H2,(H,18,20,21). The van der Waals surface area contributed by atoms with Crippen LogP contribution in [0.15, 0.2) is 55.1 Å². The maximum absolute atomic E-state index is 11.9. The van der Waals surface area contributed by atoms with Crippen LogP contribution in [0.4, 0.5) is 5.69 Å². The second kappa shape index (κ2) is 5.75. The van der Waals surface area contributed by atoms with Crippen molar-refractivity contribution >= 4 is 62.1 Å². The lowest BCUT2D eigenvalue weighted by atomic mass is 10.1. The molecule has 0 aromatic heterocycles. The maximum atomic E-state index is 11.9. The zero-order chi connectivity index (χ0) is 15.0. The number of carbonyl (C=O) groups is 1. The topological polar surface area (TPSA) is 53.8 Å². The van der Waals surface area contributed by atoms with Crippen LogP contribution in [0.1, 0.15) is 12.0 Å². The fourth-order valence-corrected chi connectivity index (χ4v) is 2.67. The molecule has 4 nitrogen and oxygen atoms in total. The SMILES string of the molecule is O=C1Nc2ccc(Br)cc2C1=NN=C1C=C(Cl)C(Cl)=CC1. The minimum absolute atomic E-state index is 0.271. The summed E-state index contributed by atoms with van der Waals surface area (Å²) in [4.78, 5) is 11.9. The zero-order valence-electron chi connectivity index (χ0n) is 10.5. The summed E-state index contributed by atoms with van der Waals surface area (Å²) in [5.41, 5.74) is 2.37. The first-order chi connectivity index (χ1) is 10.0. The number of allylic oxidation sites excluding steroid dienone is 4. The molecule has 7 heteroatoms. The molecule has 1 aromatic rings. The van der Waals surface area contributed by atoms with E-state index in [1.54, 1.807) is 12.2 Å². The van der Waals surface area contributed by atoms with Gasteiger partial charge in [-0.2, -0.15) is 5.10 Å². The van der Waals surface area contributed by atoms with E-state index in [1.807, 2.05) is 18.2 Å². The summed E-state index contributed by atoms with van der Waals surface area (Å²) in [6, 6.07) is 5.49. The fourth-order valence-electron chi connectivity index (χ4n) is 1.97. The van der Waals surface area contributed by atoms with Crippen LogP contribution in [0.2, 0.25) is 0 Å². The molecular formula is C14H8BrCl2N3O. The van der Waals surface area contributed by atoms with E-state index in [0.717, 1.165) is 15.7 Å². The van der Waals surface area contributed by atoms with Crippen LogP contribution < -0.4 is 5.32 Å². The van der Waals surface area contributed by atoms with Gasteiger partial charge >= 0.3 is 0 Å². The fraction of sp³-hybridized carbons (Fsp3) is 0.0714. The molecular weight excluding hydrogens is 377 g/mol. The summed E-state index contributed by atoms with van der Waals surface area (Å²) in [6.07, 6.45) is 3.92. The van der Waals surface area contributed by atoms with Crippen molar-refractivity contribution in [1.82, 2.24) is 0 Å². The zero-order valence-corrected chi connectivity index (χ0v) is 13.6. The normalized spacial score (nSPS) is 21.2. The molecule has 0 saturated heterocycles. The van der Waals surface area contributed by atoms with E-state index in [2.05, 4.69) is 31.4 Å². The summed E-state index contributed by atoms with van der Waals surface area (Å²) in [5, 5.41) is 11.8. The third-order valence-corrected chi connectivity index (χ3v) is 4.25. The first-order valence-electron chi connectivity index (χ1n) is 6.03. The molecule has 0 spiro atoms. The summed E-state index contributed by atoms with van der Waals surface area (Å²) in [7, 11) is 0. The van der Waals surface area contributed by atoms with Crippen molar-refractivity contribution in [3.63, 3.8) is 0 Å². The molecule has 1 heterocycles. The number of hydrogen-bond acceptors (Lipinski definition) is 3. The number of anilines is 1. The van der Waals surface area contributed by atoms with E-state index in [9.17, 15) is 4.79 Å². The summed E-state index contributed by atoms with van der Waals surface area (Å²) < 4.78 is 0.869. The molecule has 0 atom stereocenters. The minimum Gasteiger partial charge on any atom is -0.320 e. The van der Waals surface area contributed by atoms with E-state index in [4.69, 9.17) is 23.2 Å². The van der Waals surface area contributed by atoms with Crippen LogP contribution in [-0.4, -0.2) is 17.3 Å². The van der Waals surface area contributed by atoms with Crippen molar-refractivity contribution in [1.29, 1.82) is 0 Å². The number of hydrogen-bond donors (Lipinski definition) is 1. The molecule has 1 aliphatic heterocycles. The number of rotatable bonds is 1. The Bertz CT molecular complexity index is 765. The van der Waals surface area contributed by atoms with Gasteiger partial charge in [0.1, 0.15) is 0 Å². The summed E-state index contributed by atoms with van der Waals surface area (Å²) in [5.74, 6) is -0.271. The van der Waals surface area contributed by atoms with E-state index < -0.39 is 0 Å². The Labute approximate surface area is 139 Å². The van der Waals surface area contributed by atoms with Crippen molar-refractivity contribution in [3.05, 3.63) is 50.5 Å². The van der Waals surface area contributed by atoms with Gasteiger partial charge in [0.05, 0.1) is 21.5 Å². The minimum atomic E-state index is -0.271. The van der Waals surface area contributed by atoms with E-state index in [-0.39, 0.29) is 11.6 Å². The van der Waals surface area contributed by atoms with Gasteiger partial charge in [0.15, 0.2) is 5.71 Å². The van der Waals surface area contributed by atoms with Gasteiger partial charge < -0.3 is 5.32 Å². The maximum Gasteiger partial charge on any atom is 0.276 e. The molecule has 2 aliphatic rings. The van der Waals surface area contributed by atoms with Crippen molar-refractivity contribution < 1.29 is 4.79 Å². The Kier molecular flexibility index (Phi) is 3.97. The lowest BCUT2D eigenvalue weighted by Gasteiger charge is -2.05. The van der Waals surface area contributed by atoms with E-state index >= 15 is 0 Å². The summed E-state index contributed by atoms with van der Waals surface area (Å²) in [6.45, 7) is 0. The van der Waals surface area contributed by atoms with Gasteiger partial charge in [-0.25, -0.2) is 0 Å². The molecule has 0 bridgehead atoms. The Morgan fingerprint density at radius 3 is 2.76 bits per heavy atom. The molecule has 0 radical (unpaired) electrons. The number of fused-ring (bicyclic) bond motifs is 1. The number of nitrogens with zero attached hydrogens (tertiary/aromatic N) is 2. The van der Waals surface area contributed by atoms with Gasteiger partial charge in [0.2, 0.25) is 0 Å². The van der Waals surface area contributed by atoms with E-state index in [0.29, 0.717) is 22.2 Å². The molecule has 1 N–H and O–H groups in total. The molecule has 106 valence electrons. The first kappa shape index (κ1) is 14.5. The van der Waals surface area contributed by atoms with Crippen molar-refractivity contribution in [3.8, 4) is 0 Å². The Hall–Kier alpha value is -1.43. The van der Waals surface area contributed by atoms with Crippen LogP contribution in [0.25, 0.3) is 0 Å². The average Bonchev–Trinajstić information content (AvgIpc) is 2.75. The van der Waals surface area contributed by atoms with Crippen molar-refractivity contribution in [2.75, 3.05) is 5.32 Å². The number of nitrogens with one attached hydrogen (secondary N) is 1. The highest BCUT2D eigenvalue weighted by Crippen LogP contribution is 2.27. The molecule has 1 aromatic carbocycles. The van der Waals surface area contributed by atoms with Crippen LogP contribution in [0.3, 0.4) is 0 Å². The smallest absolute Gasteiger partial charge is 0.276 e. The molecule has 1 amide bonds. The van der Waals surface area contributed by atoms with Gasteiger partial charge in [-0.1, -0.05) is 45.2 Å². The molecule has 3 rings (SSSR count). The summed E-state index contributed by atoms with van der Waals surface area (Å²) >= 11 is 15.2. The third kappa shape index (κ3) is 2.95. The van der Waals surface area contributed by atoms with Gasteiger partial charge in [0, 0.05) is 16.5 Å². The van der Waals surface area contributed by atoms with Crippen LogP contribution in [-0.2, 0) is 4.79 Å². The Morgan fingerprint density at radius 1 is 1.19 bits per heavy atom. The van der Waals surface area contributed by atoms with E-state index in [1.165, 1.54) is 0 Å². The lowest BCUT2D eigenvalue weighted by molar-refractivity contribution is -0.110. The van der Waals surface area contributed by atoms with Gasteiger partial charge in [-0.3, -0.25) is 4.79 Å². The quantitative estimate of drug-likeness (QED) is 0.725. The molecule has 21 heavy (non-hydrogen) atoms. The highest BCUT2D eigenvalue weighted by molar-refractivity contribution is 9.10. The predicted molar refractivity (Wildman–Crippen MR) is 89.2 cm³/mol. The highest BCUT2D eigenvalue weighted by Gasteiger charge is 2.26. The van der Waals surface area contributed by atoms with Gasteiger partial charge in [0.25, 0.3) is 5.91 Å². The van der Waals surface area contributed by atoms with Gasteiger partial charge in [-0.15, -0.1) is 5.10 Å². The van der Waals surface area contributed by atoms with Crippen LogP contribution in [0.5, 0.6) is 0 Å². The highest BCUT2D eigenvalue weighted by atomic mass is 79.9. The predicted octanol–water partition coefficient (Wildman–Crippen LogP) is 4.20. The largest absolute Gasteiger partial charge is 0.320 e. The number of amides is 1. The second-order valence-corrected chi connectivity index (χ2v) is 6.16. The second-order valence-electron chi connectivity index (χ2n) is 4.43. The van der Waals surface area contributed by atoms with Crippen LogP contribution >= 0.6 is 39.1 Å². The molecule has 0 unspecified atom stereocenters. The molecule has 0 saturated carbocycles. The third-order valence-electron chi connectivity index (χ3n) is 2.99. The number of carbonyl (C=O) groups excluding carboxylic acids is 1. The van der Waals surface area contributed by atoms with Crippen molar-refractivity contribution in [2.45, 2.75) is 6.42 Å². The number of halogens is 3. The first-order valence-corrected chi connectivity index (χ1v) is 7.58. The van der Waals surface area contributed by atoms with Gasteiger partial charge in [-0.05, 0) is 24.3 Å². The molecule has 1 aliphatic carbocycles. The Morgan fingerprint density at radius 2 is 2.00 bits per heavy atom. The molecule has 0 fully saturated rings. The van der Waals surface area contributed by atoms with Crippen LogP contribution in [0, 0.1) is 0 Å². The lowest BCUT2D eigenvalue weighted by Crippen LogP contribution is -2.14. The monoisotopic (exact) mass is 383 g/mol. The van der Waals surface area contributed by atoms with Crippen molar-refractivity contribution in [2.24, 2.45) is 10.2 Å². The average molecular weight is 385 g/mol. The Balaban J connectivity index is 1.95. The number of benzene rings is 1.